The van der Waals surface area contributed by atoms with Gasteiger partial charge in [0.15, 0.2) is 0 Å². The second kappa shape index (κ2) is 4.04. The maximum Gasteiger partial charge on any atom is 0.305 e. The first-order valence-electron chi connectivity index (χ1n) is 5.24. The molecule has 2 rings (SSSR count). The van der Waals surface area contributed by atoms with Crippen molar-refractivity contribution in [2.75, 3.05) is 19.1 Å². The van der Waals surface area contributed by atoms with Gasteiger partial charge in [-0.1, -0.05) is 6.07 Å². The molecule has 4 nitrogen and oxygen atoms in total. The number of carbonyl (C=O) groups is 1. The predicted octanol–water partition coefficient (Wildman–Crippen LogP) is 1.53. The molecule has 0 saturated heterocycles. The molecule has 86 valence electrons. The summed E-state index contributed by atoms with van der Waals surface area (Å²) in [6, 6.07) is 5.87. The number of fused-ring (bicyclic) bond motifs is 1. The summed E-state index contributed by atoms with van der Waals surface area (Å²) in [5.74, 6) is 0.0841. The predicted molar refractivity (Wildman–Crippen MR) is 61.1 cm³/mol. The third kappa shape index (κ3) is 1.71. The van der Waals surface area contributed by atoms with Crippen LogP contribution in [-0.2, 0) is 11.2 Å². The van der Waals surface area contributed by atoms with Crippen molar-refractivity contribution >= 4 is 11.7 Å². The third-order valence-electron chi connectivity index (χ3n) is 3.11. The minimum absolute atomic E-state index is 0.0313. The van der Waals surface area contributed by atoms with E-state index in [2.05, 4.69) is 0 Å². The van der Waals surface area contributed by atoms with Crippen LogP contribution < -0.4 is 9.64 Å². The van der Waals surface area contributed by atoms with Gasteiger partial charge in [-0.25, -0.2) is 0 Å². The molecular formula is C12H15NO3. The average Bonchev–Trinajstić information content (AvgIpc) is 2.55. The van der Waals surface area contributed by atoms with Crippen molar-refractivity contribution in [3.63, 3.8) is 0 Å². The minimum Gasteiger partial charge on any atom is -0.496 e. The molecule has 0 saturated carbocycles. The van der Waals surface area contributed by atoms with E-state index in [9.17, 15) is 4.79 Å². The highest BCUT2D eigenvalue weighted by atomic mass is 16.5. The number of methoxy groups -OCH3 is 1. The van der Waals surface area contributed by atoms with Gasteiger partial charge in [-0.05, 0) is 18.6 Å². The summed E-state index contributed by atoms with van der Waals surface area (Å²) in [4.78, 5) is 12.8. The van der Waals surface area contributed by atoms with E-state index >= 15 is 0 Å². The molecular weight excluding hydrogens is 206 g/mol. The van der Waals surface area contributed by atoms with Gasteiger partial charge in [-0.15, -0.1) is 0 Å². The smallest absolute Gasteiger partial charge is 0.305 e. The van der Waals surface area contributed by atoms with Crippen LogP contribution in [0.2, 0.25) is 0 Å². The van der Waals surface area contributed by atoms with E-state index in [1.165, 1.54) is 0 Å². The third-order valence-corrected chi connectivity index (χ3v) is 3.11. The number of carboxylic acids is 1. The Labute approximate surface area is 94.4 Å². The molecule has 0 bridgehead atoms. The number of rotatable bonds is 3. The summed E-state index contributed by atoms with van der Waals surface area (Å²) < 4.78 is 5.28. The van der Waals surface area contributed by atoms with E-state index in [4.69, 9.17) is 9.84 Å². The summed E-state index contributed by atoms with van der Waals surface area (Å²) in [5.41, 5.74) is 2.18. The fourth-order valence-corrected chi connectivity index (χ4v) is 2.26. The zero-order chi connectivity index (χ0) is 11.7. The lowest BCUT2D eigenvalue weighted by Gasteiger charge is -2.20. The molecule has 0 aliphatic carbocycles. The normalized spacial score (nSPS) is 18.4. The molecule has 0 fully saturated rings. The number of anilines is 1. The summed E-state index contributed by atoms with van der Waals surface area (Å²) in [6.07, 6.45) is 0.899. The van der Waals surface area contributed by atoms with E-state index in [1.807, 2.05) is 30.1 Å². The van der Waals surface area contributed by atoms with Gasteiger partial charge in [-0.3, -0.25) is 4.79 Å². The minimum atomic E-state index is -0.761. The molecule has 1 atom stereocenters. The molecule has 4 heteroatoms. The fourth-order valence-electron chi connectivity index (χ4n) is 2.26. The molecule has 0 radical (unpaired) electrons. The number of aliphatic carboxylic acids is 1. The van der Waals surface area contributed by atoms with Crippen LogP contribution in [0.3, 0.4) is 0 Å². The van der Waals surface area contributed by atoms with Crippen LogP contribution in [-0.4, -0.2) is 31.3 Å². The van der Waals surface area contributed by atoms with Gasteiger partial charge in [0.05, 0.1) is 13.5 Å². The molecule has 1 aromatic carbocycles. The van der Waals surface area contributed by atoms with Crippen molar-refractivity contribution in [1.29, 1.82) is 0 Å². The van der Waals surface area contributed by atoms with Crippen LogP contribution in [0.4, 0.5) is 5.69 Å². The first-order valence-corrected chi connectivity index (χ1v) is 5.24. The van der Waals surface area contributed by atoms with Gasteiger partial charge < -0.3 is 14.7 Å². The molecule has 1 unspecified atom stereocenters. The standard InChI is InChI=1S/C12H15NO3/c1-13-8(7-12(14)15)6-9-10(13)4-3-5-11(9)16-2/h3-5,8H,6-7H2,1-2H3,(H,14,15). The second-order valence-corrected chi connectivity index (χ2v) is 4.02. The Hall–Kier alpha value is -1.71. The molecule has 0 amide bonds. The van der Waals surface area contributed by atoms with E-state index in [-0.39, 0.29) is 12.5 Å². The van der Waals surface area contributed by atoms with E-state index in [0.717, 1.165) is 23.4 Å². The molecule has 1 aliphatic rings. The van der Waals surface area contributed by atoms with E-state index in [0.29, 0.717) is 0 Å². The van der Waals surface area contributed by atoms with Gasteiger partial charge in [-0.2, -0.15) is 0 Å². The van der Waals surface area contributed by atoms with Crippen LogP contribution in [0.15, 0.2) is 18.2 Å². The zero-order valence-electron chi connectivity index (χ0n) is 9.43. The number of ether oxygens (including phenoxy) is 1. The van der Waals surface area contributed by atoms with Crippen molar-refractivity contribution in [3.05, 3.63) is 23.8 Å². The highest BCUT2D eigenvalue weighted by Crippen LogP contribution is 2.37. The van der Waals surface area contributed by atoms with Gasteiger partial charge in [0.1, 0.15) is 5.75 Å². The lowest BCUT2D eigenvalue weighted by molar-refractivity contribution is -0.137. The monoisotopic (exact) mass is 221 g/mol. The Bertz CT molecular complexity index is 417. The van der Waals surface area contributed by atoms with Crippen LogP contribution in [0.25, 0.3) is 0 Å². The SMILES string of the molecule is COc1cccc2c1CC(CC(=O)O)N2C. The quantitative estimate of drug-likeness (QED) is 0.841. The van der Waals surface area contributed by atoms with Crippen LogP contribution in [0.5, 0.6) is 5.75 Å². The van der Waals surface area contributed by atoms with Gasteiger partial charge in [0.25, 0.3) is 0 Å². The number of nitrogens with zero attached hydrogens (tertiary/aromatic N) is 1. The molecule has 1 N–H and O–H groups in total. The Morgan fingerprint density at radius 2 is 2.38 bits per heavy atom. The van der Waals surface area contributed by atoms with Crippen molar-refractivity contribution in [1.82, 2.24) is 0 Å². The number of benzene rings is 1. The Kier molecular flexibility index (Phi) is 2.73. The Morgan fingerprint density at radius 3 is 3.00 bits per heavy atom. The topological polar surface area (TPSA) is 49.8 Å². The van der Waals surface area contributed by atoms with Gasteiger partial charge in [0.2, 0.25) is 0 Å². The molecule has 1 aromatic rings. The largest absolute Gasteiger partial charge is 0.496 e. The van der Waals surface area contributed by atoms with Gasteiger partial charge in [0, 0.05) is 24.3 Å². The maximum atomic E-state index is 10.7. The van der Waals surface area contributed by atoms with Crippen LogP contribution in [0.1, 0.15) is 12.0 Å². The van der Waals surface area contributed by atoms with Crippen molar-refractivity contribution in [2.45, 2.75) is 18.9 Å². The summed E-state index contributed by atoms with van der Waals surface area (Å²) in [7, 11) is 3.57. The number of hydrogen-bond acceptors (Lipinski definition) is 3. The second-order valence-electron chi connectivity index (χ2n) is 4.02. The lowest BCUT2D eigenvalue weighted by atomic mass is 10.1. The first kappa shape index (κ1) is 10.8. The van der Waals surface area contributed by atoms with Gasteiger partial charge >= 0.3 is 5.97 Å². The molecule has 0 spiro atoms. The summed E-state index contributed by atoms with van der Waals surface area (Å²) in [6.45, 7) is 0. The van der Waals surface area contributed by atoms with Crippen LogP contribution >= 0.6 is 0 Å². The van der Waals surface area contributed by atoms with Crippen molar-refractivity contribution < 1.29 is 14.6 Å². The highest BCUT2D eigenvalue weighted by molar-refractivity contribution is 5.71. The molecule has 1 aliphatic heterocycles. The number of likely N-dealkylation sites (N-methyl/N-ethyl adjacent to an activating group) is 1. The number of carboxylic acid groups (broad SMARTS) is 1. The molecule has 16 heavy (non-hydrogen) atoms. The Balaban J connectivity index is 2.30. The van der Waals surface area contributed by atoms with E-state index in [1.54, 1.807) is 7.11 Å². The fraction of sp³-hybridized carbons (Fsp3) is 0.417. The lowest BCUT2D eigenvalue weighted by Crippen LogP contribution is -2.30. The number of hydrogen-bond donors (Lipinski definition) is 1. The molecule has 0 aromatic heterocycles. The zero-order valence-corrected chi connectivity index (χ0v) is 9.43. The Morgan fingerprint density at radius 1 is 1.62 bits per heavy atom. The first-order chi connectivity index (χ1) is 7.63. The maximum absolute atomic E-state index is 10.7. The summed E-state index contributed by atoms with van der Waals surface area (Å²) in [5, 5.41) is 8.84. The highest BCUT2D eigenvalue weighted by Gasteiger charge is 2.30. The van der Waals surface area contributed by atoms with E-state index < -0.39 is 5.97 Å². The average molecular weight is 221 g/mol. The molecule has 1 heterocycles. The van der Waals surface area contributed by atoms with Crippen molar-refractivity contribution in [2.24, 2.45) is 0 Å². The summed E-state index contributed by atoms with van der Waals surface area (Å²) >= 11 is 0. The van der Waals surface area contributed by atoms with Crippen LogP contribution in [0, 0.1) is 0 Å². The van der Waals surface area contributed by atoms with Crippen molar-refractivity contribution in [3.8, 4) is 5.75 Å².